The van der Waals surface area contributed by atoms with E-state index in [-0.39, 0.29) is 12.2 Å². The first-order chi connectivity index (χ1) is 11.1. The smallest absolute Gasteiger partial charge is 0.326 e. The van der Waals surface area contributed by atoms with Gasteiger partial charge in [0.1, 0.15) is 0 Å². The van der Waals surface area contributed by atoms with Crippen molar-refractivity contribution < 1.29 is 19.1 Å². The van der Waals surface area contributed by atoms with Crippen LogP contribution in [0.2, 0.25) is 5.02 Å². The van der Waals surface area contributed by atoms with Crippen molar-refractivity contribution >= 4 is 46.3 Å². The zero-order valence-corrected chi connectivity index (χ0v) is 13.4. The lowest BCUT2D eigenvalue weighted by Gasteiger charge is -2.22. The summed E-state index contributed by atoms with van der Waals surface area (Å²) in [5, 5.41) is 4.85. The third-order valence-corrected chi connectivity index (χ3v) is 4.61. The summed E-state index contributed by atoms with van der Waals surface area (Å²) >= 11 is 7.39. The molecule has 3 rings (SSSR count). The first-order valence-corrected chi connectivity index (χ1v) is 8.15. The lowest BCUT2D eigenvalue weighted by atomic mass is 9.92. The Balaban J connectivity index is 1.69. The van der Waals surface area contributed by atoms with Crippen molar-refractivity contribution in [2.75, 3.05) is 11.9 Å². The molecule has 5 nitrogen and oxygen atoms in total. The molecule has 118 valence electrons. The molecule has 1 unspecified atom stereocenters. The standard InChI is InChI=1S/C16H12ClNO4S/c17-9-3-4-11-12(8-9)18-15(20)13(14(11)19)16(21)22-6-5-10-2-1-7-23-10/h1-4,7-8,13H,5-6H2,(H,18,20). The second kappa shape index (κ2) is 6.52. The topological polar surface area (TPSA) is 72.5 Å². The summed E-state index contributed by atoms with van der Waals surface area (Å²) in [6, 6.07) is 8.34. The summed E-state index contributed by atoms with van der Waals surface area (Å²) in [4.78, 5) is 37.6. The van der Waals surface area contributed by atoms with E-state index < -0.39 is 23.6 Å². The Morgan fingerprint density at radius 3 is 2.87 bits per heavy atom. The molecule has 0 fully saturated rings. The van der Waals surface area contributed by atoms with Gasteiger partial charge in [0.15, 0.2) is 11.7 Å². The van der Waals surface area contributed by atoms with Crippen molar-refractivity contribution in [2.24, 2.45) is 5.92 Å². The van der Waals surface area contributed by atoms with Crippen LogP contribution in [0.3, 0.4) is 0 Å². The molecule has 1 aliphatic heterocycles. The molecule has 0 spiro atoms. The molecule has 1 atom stereocenters. The lowest BCUT2D eigenvalue weighted by Crippen LogP contribution is -2.41. The Morgan fingerprint density at radius 1 is 1.30 bits per heavy atom. The fourth-order valence-corrected chi connectivity index (χ4v) is 3.18. The molecule has 1 aromatic heterocycles. The number of ketones is 1. The minimum absolute atomic E-state index is 0.129. The Kier molecular flexibility index (Phi) is 4.45. The third kappa shape index (κ3) is 3.28. The number of anilines is 1. The Bertz CT molecular complexity index is 772. The number of halogens is 1. The van der Waals surface area contributed by atoms with Crippen molar-refractivity contribution in [2.45, 2.75) is 6.42 Å². The zero-order valence-electron chi connectivity index (χ0n) is 11.9. The molecule has 1 aliphatic rings. The van der Waals surface area contributed by atoms with E-state index >= 15 is 0 Å². The number of hydrogen-bond donors (Lipinski definition) is 1. The van der Waals surface area contributed by atoms with Crippen LogP contribution in [0.5, 0.6) is 0 Å². The van der Waals surface area contributed by atoms with Gasteiger partial charge in [-0.3, -0.25) is 14.4 Å². The zero-order chi connectivity index (χ0) is 16.4. The highest BCUT2D eigenvalue weighted by molar-refractivity contribution is 7.09. The molecule has 0 saturated carbocycles. The van der Waals surface area contributed by atoms with Gasteiger partial charge in [0.2, 0.25) is 5.91 Å². The lowest BCUT2D eigenvalue weighted by molar-refractivity contribution is -0.149. The van der Waals surface area contributed by atoms with Crippen LogP contribution in [0.1, 0.15) is 15.2 Å². The Labute approximate surface area is 141 Å². The van der Waals surface area contributed by atoms with Crippen molar-refractivity contribution in [3.05, 3.63) is 51.2 Å². The van der Waals surface area contributed by atoms with E-state index in [1.807, 2.05) is 17.5 Å². The minimum Gasteiger partial charge on any atom is -0.464 e. The van der Waals surface area contributed by atoms with E-state index in [1.54, 1.807) is 11.3 Å². The Morgan fingerprint density at radius 2 is 2.13 bits per heavy atom. The van der Waals surface area contributed by atoms with Gasteiger partial charge in [-0.2, -0.15) is 0 Å². The molecular formula is C16H12ClNO4S. The highest BCUT2D eigenvalue weighted by Crippen LogP contribution is 2.29. The molecule has 0 saturated heterocycles. The van der Waals surface area contributed by atoms with Crippen molar-refractivity contribution in [1.29, 1.82) is 0 Å². The number of amides is 1. The number of esters is 1. The second-order valence-electron chi connectivity index (χ2n) is 4.97. The maximum atomic E-state index is 12.4. The van der Waals surface area contributed by atoms with E-state index in [4.69, 9.17) is 16.3 Å². The number of Topliss-reactive ketones (excluding diaryl/α,β-unsaturated/α-hetero) is 1. The summed E-state index contributed by atoms with van der Waals surface area (Å²) in [7, 11) is 0. The molecule has 1 aromatic carbocycles. The van der Waals surface area contributed by atoms with Crippen molar-refractivity contribution in [3.8, 4) is 0 Å². The quantitative estimate of drug-likeness (QED) is 0.680. The number of hydrogen-bond acceptors (Lipinski definition) is 5. The molecule has 7 heteroatoms. The molecule has 2 heterocycles. The van der Waals surface area contributed by atoms with Gasteiger partial charge >= 0.3 is 5.97 Å². The van der Waals surface area contributed by atoms with Gasteiger partial charge in [0.25, 0.3) is 0 Å². The van der Waals surface area contributed by atoms with Crippen LogP contribution in [0.4, 0.5) is 5.69 Å². The van der Waals surface area contributed by atoms with Crippen LogP contribution in [0.15, 0.2) is 35.7 Å². The number of carbonyl (C=O) groups is 3. The average molecular weight is 350 g/mol. The van der Waals surface area contributed by atoms with E-state index in [1.165, 1.54) is 18.2 Å². The number of carbonyl (C=O) groups excluding carboxylic acids is 3. The molecule has 1 amide bonds. The molecule has 2 aromatic rings. The number of benzene rings is 1. The maximum absolute atomic E-state index is 12.4. The molecular weight excluding hydrogens is 338 g/mol. The van der Waals surface area contributed by atoms with E-state index in [9.17, 15) is 14.4 Å². The number of thiophene rings is 1. The highest BCUT2D eigenvalue weighted by Gasteiger charge is 2.40. The fourth-order valence-electron chi connectivity index (χ4n) is 2.32. The highest BCUT2D eigenvalue weighted by atomic mass is 35.5. The summed E-state index contributed by atoms with van der Waals surface area (Å²) in [6.07, 6.45) is 0.554. The molecule has 0 aliphatic carbocycles. The van der Waals surface area contributed by atoms with Gasteiger partial charge in [-0.25, -0.2) is 0 Å². The number of rotatable bonds is 4. The van der Waals surface area contributed by atoms with Gasteiger partial charge in [-0.15, -0.1) is 11.3 Å². The predicted molar refractivity (Wildman–Crippen MR) is 86.9 cm³/mol. The Hall–Kier alpha value is -2.18. The van der Waals surface area contributed by atoms with E-state index in [0.717, 1.165) is 4.88 Å². The SMILES string of the molecule is O=C1Nc2cc(Cl)ccc2C(=O)C1C(=O)OCCc1cccs1. The van der Waals surface area contributed by atoms with Gasteiger partial charge in [0.05, 0.1) is 12.3 Å². The van der Waals surface area contributed by atoms with Gasteiger partial charge < -0.3 is 10.1 Å². The van der Waals surface area contributed by atoms with Crippen LogP contribution >= 0.6 is 22.9 Å². The van der Waals surface area contributed by atoms with Crippen LogP contribution in [-0.2, 0) is 20.7 Å². The summed E-state index contributed by atoms with van der Waals surface area (Å²) in [6.45, 7) is 0.129. The van der Waals surface area contributed by atoms with Crippen LogP contribution in [-0.4, -0.2) is 24.3 Å². The number of ether oxygens (including phenoxy) is 1. The molecule has 0 radical (unpaired) electrons. The fraction of sp³-hybridized carbons (Fsp3) is 0.188. The largest absolute Gasteiger partial charge is 0.464 e. The maximum Gasteiger partial charge on any atom is 0.326 e. The number of nitrogens with one attached hydrogen (secondary N) is 1. The summed E-state index contributed by atoms with van der Waals surface area (Å²) in [5.74, 6) is -3.55. The average Bonchev–Trinajstić information content (AvgIpc) is 3.00. The van der Waals surface area contributed by atoms with Crippen molar-refractivity contribution in [3.63, 3.8) is 0 Å². The van der Waals surface area contributed by atoms with Gasteiger partial charge in [0, 0.05) is 21.9 Å². The third-order valence-electron chi connectivity index (χ3n) is 3.44. The van der Waals surface area contributed by atoms with E-state index in [2.05, 4.69) is 5.32 Å². The van der Waals surface area contributed by atoms with Gasteiger partial charge in [-0.1, -0.05) is 17.7 Å². The summed E-state index contributed by atoms with van der Waals surface area (Å²) < 4.78 is 5.09. The first-order valence-electron chi connectivity index (χ1n) is 6.90. The van der Waals surface area contributed by atoms with Crippen LogP contribution < -0.4 is 5.32 Å². The minimum atomic E-state index is -1.47. The van der Waals surface area contributed by atoms with Crippen molar-refractivity contribution in [1.82, 2.24) is 0 Å². The summed E-state index contributed by atoms with van der Waals surface area (Å²) in [5.41, 5.74) is 0.573. The van der Waals surface area contributed by atoms with Crippen LogP contribution in [0.25, 0.3) is 0 Å². The predicted octanol–water partition coefficient (Wildman–Crippen LogP) is 2.94. The molecule has 23 heavy (non-hydrogen) atoms. The number of fused-ring (bicyclic) bond motifs is 1. The first kappa shape index (κ1) is 15.7. The monoisotopic (exact) mass is 349 g/mol. The van der Waals surface area contributed by atoms with E-state index in [0.29, 0.717) is 17.1 Å². The molecule has 1 N–H and O–H groups in total. The van der Waals surface area contributed by atoms with Gasteiger partial charge in [-0.05, 0) is 29.6 Å². The normalized spacial score (nSPS) is 16.7. The molecule has 0 bridgehead atoms. The second-order valence-corrected chi connectivity index (χ2v) is 6.44. The van der Waals surface area contributed by atoms with Crippen LogP contribution in [0, 0.1) is 5.92 Å².